The van der Waals surface area contributed by atoms with Gasteiger partial charge in [0, 0.05) is 18.8 Å². The molecule has 4 heteroatoms. The average molecular weight is 378 g/mol. The quantitative estimate of drug-likeness (QED) is 0.875. The molecule has 0 radical (unpaired) electrons. The molecule has 0 aliphatic carbocycles. The van der Waals surface area contributed by atoms with Crippen LogP contribution in [-0.4, -0.2) is 44.2 Å². The lowest BCUT2D eigenvalue weighted by molar-refractivity contribution is 0.168. The highest BCUT2D eigenvalue weighted by atomic mass is 16.2. The van der Waals surface area contributed by atoms with Crippen LogP contribution >= 0.6 is 0 Å². The number of hydrogen-bond acceptors (Lipinski definition) is 2. The smallest absolute Gasteiger partial charge is 0.321 e. The zero-order chi connectivity index (χ0) is 19.3. The molecule has 148 valence electrons. The Labute approximate surface area is 168 Å². The van der Waals surface area contributed by atoms with Gasteiger partial charge in [-0.05, 0) is 74.8 Å². The number of hydrogen-bond donors (Lipinski definition) is 1. The summed E-state index contributed by atoms with van der Waals surface area (Å²) in [6.45, 7) is 3.85. The van der Waals surface area contributed by atoms with Gasteiger partial charge in [-0.3, -0.25) is 4.90 Å². The van der Waals surface area contributed by atoms with Gasteiger partial charge < -0.3 is 10.2 Å². The number of anilines is 1. The number of piperidine rings is 1. The molecule has 4 nitrogen and oxygen atoms in total. The predicted molar refractivity (Wildman–Crippen MR) is 115 cm³/mol. The van der Waals surface area contributed by atoms with Crippen LogP contribution in [0.3, 0.4) is 0 Å². The van der Waals surface area contributed by atoms with Crippen LogP contribution in [0.25, 0.3) is 0 Å². The van der Waals surface area contributed by atoms with Crippen molar-refractivity contribution in [2.24, 2.45) is 11.8 Å². The number of para-hydroxylation sites is 1. The highest BCUT2D eigenvalue weighted by Crippen LogP contribution is 2.36. The van der Waals surface area contributed by atoms with Gasteiger partial charge in [0.15, 0.2) is 0 Å². The van der Waals surface area contributed by atoms with E-state index >= 15 is 0 Å². The molecule has 2 aliphatic rings. The first-order valence-electron chi connectivity index (χ1n) is 10.6. The summed E-state index contributed by atoms with van der Waals surface area (Å²) in [6, 6.07) is 18.8. The molecule has 2 amide bonds. The molecular formula is C24H31N3O. The fourth-order valence-electron chi connectivity index (χ4n) is 4.69. The molecule has 1 unspecified atom stereocenters. The summed E-state index contributed by atoms with van der Waals surface area (Å²) in [5.41, 5.74) is 3.66. The number of carbonyl (C=O) groups excluding carboxylic acids is 1. The molecular weight excluding hydrogens is 346 g/mol. The van der Waals surface area contributed by atoms with Crippen LogP contribution in [0.4, 0.5) is 10.5 Å². The van der Waals surface area contributed by atoms with Crippen molar-refractivity contribution in [2.75, 3.05) is 38.1 Å². The summed E-state index contributed by atoms with van der Waals surface area (Å²) in [5.74, 6) is 1.27. The van der Waals surface area contributed by atoms with Gasteiger partial charge >= 0.3 is 6.03 Å². The minimum absolute atomic E-state index is 0.0426. The van der Waals surface area contributed by atoms with E-state index in [0.29, 0.717) is 18.4 Å². The van der Waals surface area contributed by atoms with Crippen molar-refractivity contribution in [3.05, 3.63) is 65.7 Å². The third-order valence-electron chi connectivity index (χ3n) is 6.39. The molecule has 1 saturated heterocycles. The molecule has 2 aromatic carbocycles. The van der Waals surface area contributed by atoms with Crippen LogP contribution in [0.5, 0.6) is 0 Å². The maximum atomic E-state index is 13.0. The van der Waals surface area contributed by atoms with Gasteiger partial charge in [-0.2, -0.15) is 0 Å². The molecule has 0 saturated carbocycles. The second-order valence-electron chi connectivity index (χ2n) is 8.31. The van der Waals surface area contributed by atoms with Gasteiger partial charge in [0.05, 0.1) is 0 Å². The first kappa shape index (κ1) is 19.0. The normalized spacial score (nSPS) is 20.6. The highest BCUT2D eigenvalue weighted by molar-refractivity contribution is 5.93. The van der Waals surface area contributed by atoms with Gasteiger partial charge in [0.2, 0.25) is 0 Å². The number of urea groups is 1. The van der Waals surface area contributed by atoms with Crippen molar-refractivity contribution >= 4 is 11.7 Å². The zero-order valence-corrected chi connectivity index (χ0v) is 16.8. The van der Waals surface area contributed by atoms with Crippen LogP contribution in [0, 0.1) is 11.8 Å². The summed E-state index contributed by atoms with van der Waals surface area (Å²) in [7, 11) is 2.21. The number of carbonyl (C=O) groups is 1. The summed E-state index contributed by atoms with van der Waals surface area (Å²) >= 11 is 0. The topological polar surface area (TPSA) is 35.6 Å². The number of amides is 2. The van der Waals surface area contributed by atoms with Crippen molar-refractivity contribution in [3.8, 4) is 0 Å². The Hall–Kier alpha value is -2.33. The van der Waals surface area contributed by atoms with Crippen molar-refractivity contribution in [2.45, 2.75) is 25.7 Å². The number of benzene rings is 2. The summed E-state index contributed by atoms with van der Waals surface area (Å²) in [4.78, 5) is 17.4. The van der Waals surface area contributed by atoms with E-state index in [2.05, 4.69) is 47.6 Å². The fourth-order valence-corrected chi connectivity index (χ4v) is 4.69. The molecule has 1 atom stereocenters. The molecule has 28 heavy (non-hydrogen) atoms. The molecule has 2 aliphatic heterocycles. The summed E-state index contributed by atoms with van der Waals surface area (Å²) in [5, 5.41) is 3.15. The Kier molecular flexibility index (Phi) is 5.96. The fraction of sp³-hybridized carbons (Fsp3) is 0.458. The van der Waals surface area contributed by atoms with E-state index in [-0.39, 0.29) is 6.03 Å². The molecule has 1 fully saturated rings. The van der Waals surface area contributed by atoms with Crippen LogP contribution in [0.1, 0.15) is 24.0 Å². The summed E-state index contributed by atoms with van der Waals surface area (Å²) < 4.78 is 0. The third-order valence-corrected chi connectivity index (χ3v) is 6.39. The molecule has 0 aromatic heterocycles. The van der Waals surface area contributed by atoms with E-state index in [1.807, 2.05) is 29.2 Å². The number of rotatable bonds is 4. The van der Waals surface area contributed by atoms with E-state index in [1.165, 1.54) is 37.1 Å². The first-order valence-corrected chi connectivity index (χ1v) is 10.6. The number of fused-ring (bicyclic) bond motifs is 1. The summed E-state index contributed by atoms with van der Waals surface area (Å²) in [6.07, 6.45) is 4.44. The Morgan fingerprint density at radius 3 is 2.50 bits per heavy atom. The van der Waals surface area contributed by atoms with Gasteiger partial charge in [0.1, 0.15) is 0 Å². The molecule has 4 rings (SSSR count). The number of likely N-dealkylation sites (tertiary alicyclic amines) is 1. The van der Waals surface area contributed by atoms with Crippen molar-refractivity contribution in [1.82, 2.24) is 10.2 Å². The molecule has 1 N–H and O–H groups in total. The maximum absolute atomic E-state index is 13.0. The standard InChI is InChI=1S/C24H31N3O/c1-26-15-12-20(13-16-26)22-17-21-9-5-6-10-23(21)27(18-22)24(28)25-14-11-19-7-3-2-4-8-19/h2-10,20,22H,11-18H2,1H3,(H,25,28). The Balaban J connectivity index is 1.43. The van der Waals surface area contributed by atoms with E-state index in [0.717, 1.165) is 25.1 Å². The zero-order valence-electron chi connectivity index (χ0n) is 16.8. The second kappa shape index (κ2) is 8.78. The van der Waals surface area contributed by atoms with Gasteiger partial charge in [0.25, 0.3) is 0 Å². The van der Waals surface area contributed by atoms with Crippen LogP contribution < -0.4 is 10.2 Å². The van der Waals surface area contributed by atoms with Crippen LogP contribution in [0.15, 0.2) is 54.6 Å². The lowest BCUT2D eigenvalue weighted by Gasteiger charge is -2.41. The van der Waals surface area contributed by atoms with E-state index in [4.69, 9.17) is 0 Å². The first-order chi connectivity index (χ1) is 13.7. The van der Waals surface area contributed by atoms with Gasteiger partial charge in [-0.1, -0.05) is 48.5 Å². The monoisotopic (exact) mass is 377 g/mol. The van der Waals surface area contributed by atoms with Crippen LogP contribution in [-0.2, 0) is 12.8 Å². The lowest BCUT2D eigenvalue weighted by Crippen LogP contribution is -2.48. The maximum Gasteiger partial charge on any atom is 0.321 e. The number of nitrogens with zero attached hydrogens (tertiary/aromatic N) is 2. The molecule has 0 spiro atoms. The van der Waals surface area contributed by atoms with E-state index in [1.54, 1.807) is 0 Å². The number of nitrogens with one attached hydrogen (secondary N) is 1. The average Bonchev–Trinajstić information content (AvgIpc) is 2.74. The minimum atomic E-state index is 0.0426. The van der Waals surface area contributed by atoms with E-state index < -0.39 is 0 Å². The van der Waals surface area contributed by atoms with Crippen molar-refractivity contribution in [1.29, 1.82) is 0 Å². The van der Waals surface area contributed by atoms with E-state index in [9.17, 15) is 4.79 Å². The SMILES string of the molecule is CN1CCC(C2Cc3ccccc3N(C(=O)NCCc3ccccc3)C2)CC1. The highest BCUT2D eigenvalue weighted by Gasteiger charge is 2.33. The molecule has 2 heterocycles. The third kappa shape index (κ3) is 4.39. The predicted octanol–water partition coefficient (Wildman–Crippen LogP) is 3.96. The lowest BCUT2D eigenvalue weighted by atomic mass is 9.78. The minimum Gasteiger partial charge on any atom is -0.337 e. The Bertz CT molecular complexity index is 783. The second-order valence-corrected chi connectivity index (χ2v) is 8.31. The molecule has 2 aromatic rings. The van der Waals surface area contributed by atoms with Gasteiger partial charge in [-0.25, -0.2) is 4.79 Å². The Morgan fingerprint density at radius 1 is 1.00 bits per heavy atom. The van der Waals surface area contributed by atoms with Crippen molar-refractivity contribution in [3.63, 3.8) is 0 Å². The largest absolute Gasteiger partial charge is 0.337 e. The molecule has 0 bridgehead atoms. The van der Waals surface area contributed by atoms with Gasteiger partial charge in [-0.15, -0.1) is 0 Å². The van der Waals surface area contributed by atoms with Crippen molar-refractivity contribution < 1.29 is 4.79 Å². The van der Waals surface area contributed by atoms with Crippen LogP contribution in [0.2, 0.25) is 0 Å². The Morgan fingerprint density at radius 2 is 1.71 bits per heavy atom.